The first-order valence-corrected chi connectivity index (χ1v) is 7.72. The number of carbonyl (C=O) groups excluding carboxylic acids is 1. The molecule has 0 radical (unpaired) electrons. The van der Waals surface area contributed by atoms with Gasteiger partial charge in [0.05, 0.1) is 5.02 Å². The van der Waals surface area contributed by atoms with Crippen molar-refractivity contribution in [3.63, 3.8) is 0 Å². The van der Waals surface area contributed by atoms with Crippen LogP contribution in [0.4, 0.5) is 5.82 Å². The molecule has 1 aliphatic rings. The lowest BCUT2D eigenvalue weighted by atomic mass is 9.97. The average Bonchev–Trinajstić information content (AvgIpc) is 3.15. The standard InChI is InChI=1S/C15H15ClN6O2/c1-9(23)20-15(14-18-10(2)24-21-14)5-6-22(8-15)13-4-3-11(16)12(7-17)19-13/h3-4H,5-6,8H2,1-2H3,(H,20,23)/t15-/m0/s1. The highest BCUT2D eigenvalue weighted by atomic mass is 35.5. The Morgan fingerprint density at radius 3 is 2.92 bits per heavy atom. The molecule has 0 aromatic carbocycles. The predicted molar refractivity (Wildman–Crippen MR) is 85.3 cm³/mol. The third kappa shape index (κ3) is 2.90. The lowest BCUT2D eigenvalue weighted by molar-refractivity contribution is -0.120. The van der Waals surface area contributed by atoms with E-state index in [0.717, 1.165) is 0 Å². The minimum Gasteiger partial charge on any atom is -0.354 e. The molecule has 3 heterocycles. The number of hydrogen-bond donors (Lipinski definition) is 1. The van der Waals surface area contributed by atoms with Gasteiger partial charge in [-0.2, -0.15) is 10.2 Å². The van der Waals surface area contributed by atoms with E-state index in [4.69, 9.17) is 21.4 Å². The van der Waals surface area contributed by atoms with Crippen molar-refractivity contribution < 1.29 is 9.32 Å². The minimum absolute atomic E-state index is 0.168. The zero-order valence-corrected chi connectivity index (χ0v) is 14.0. The molecule has 0 bridgehead atoms. The maximum atomic E-state index is 11.7. The SMILES string of the molecule is CC(=O)N[C@@]1(c2noc(C)n2)CCN(c2ccc(Cl)c(C#N)n2)C1. The first kappa shape index (κ1) is 16.2. The average molecular weight is 347 g/mol. The van der Waals surface area contributed by atoms with Gasteiger partial charge < -0.3 is 14.7 Å². The third-order valence-electron chi connectivity index (χ3n) is 3.90. The number of pyridine rings is 1. The predicted octanol–water partition coefficient (Wildman–Crippen LogP) is 1.54. The molecule has 24 heavy (non-hydrogen) atoms. The highest BCUT2D eigenvalue weighted by molar-refractivity contribution is 6.31. The first-order valence-electron chi connectivity index (χ1n) is 7.35. The number of hydrogen-bond acceptors (Lipinski definition) is 7. The van der Waals surface area contributed by atoms with Gasteiger partial charge >= 0.3 is 0 Å². The summed E-state index contributed by atoms with van der Waals surface area (Å²) in [5.41, 5.74) is -0.584. The Bertz CT molecular complexity index is 830. The molecule has 1 aliphatic heterocycles. The number of nitriles is 1. The summed E-state index contributed by atoms with van der Waals surface area (Å²) in [6.45, 7) is 4.19. The third-order valence-corrected chi connectivity index (χ3v) is 4.21. The fourth-order valence-electron chi connectivity index (χ4n) is 2.86. The zero-order valence-electron chi connectivity index (χ0n) is 13.2. The van der Waals surface area contributed by atoms with Crippen LogP contribution in [-0.4, -0.2) is 34.1 Å². The van der Waals surface area contributed by atoms with E-state index < -0.39 is 5.54 Å². The van der Waals surface area contributed by atoms with Crippen LogP contribution in [0.1, 0.15) is 30.8 Å². The molecule has 1 saturated heterocycles. The van der Waals surface area contributed by atoms with E-state index in [-0.39, 0.29) is 11.6 Å². The number of amides is 1. The monoisotopic (exact) mass is 346 g/mol. The summed E-state index contributed by atoms with van der Waals surface area (Å²) in [5, 5.41) is 16.3. The molecular formula is C15H15ClN6O2. The molecule has 8 nitrogen and oxygen atoms in total. The van der Waals surface area contributed by atoms with E-state index in [1.807, 2.05) is 11.0 Å². The fraction of sp³-hybridized carbons (Fsp3) is 0.400. The zero-order chi connectivity index (χ0) is 17.3. The largest absolute Gasteiger partial charge is 0.354 e. The minimum atomic E-state index is -0.752. The molecule has 0 saturated carbocycles. The Morgan fingerprint density at radius 1 is 1.50 bits per heavy atom. The Morgan fingerprint density at radius 2 is 2.29 bits per heavy atom. The van der Waals surface area contributed by atoms with Crippen LogP contribution in [0.2, 0.25) is 5.02 Å². The van der Waals surface area contributed by atoms with Crippen LogP contribution in [0.15, 0.2) is 16.7 Å². The van der Waals surface area contributed by atoms with Gasteiger partial charge in [-0.3, -0.25) is 4.79 Å². The molecule has 1 fully saturated rings. The van der Waals surface area contributed by atoms with E-state index in [0.29, 0.717) is 42.1 Å². The lowest BCUT2D eigenvalue weighted by Crippen LogP contribution is -2.48. The maximum Gasteiger partial charge on any atom is 0.223 e. The van der Waals surface area contributed by atoms with Gasteiger partial charge in [0.1, 0.15) is 17.4 Å². The second-order valence-corrected chi connectivity index (χ2v) is 6.09. The number of nitrogens with zero attached hydrogens (tertiary/aromatic N) is 5. The van der Waals surface area contributed by atoms with Crippen LogP contribution in [-0.2, 0) is 10.3 Å². The second-order valence-electron chi connectivity index (χ2n) is 5.68. The summed E-state index contributed by atoms with van der Waals surface area (Å²) in [4.78, 5) is 22.2. The van der Waals surface area contributed by atoms with Crippen LogP contribution in [0, 0.1) is 18.3 Å². The summed E-state index contributed by atoms with van der Waals surface area (Å²) in [5.74, 6) is 1.31. The van der Waals surface area contributed by atoms with Gasteiger partial charge in [-0.15, -0.1) is 0 Å². The summed E-state index contributed by atoms with van der Waals surface area (Å²) in [6.07, 6.45) is 0.595. The van der Waals surface area contributed by atoms with E-state index >= 15 is 0 Å². The molecule has 0 spiro atoms. The number of rotatable bonds is 3. The molecule has 2 aromatic heterocycles. The number of nitrogens with one attached hydrogen (secondary N) is 1. The van der Waals surface area contributed by atoms with E-state index in [1.54, 1.807) is 19.1 Å². The molecular weight excluding hydrogens is 332 g/mol. The van der Waals surface area contributed by atoms with Crippen molar-refractivity contribution in [1.82, 2.24) is 20.4 Å². The van der Waals surface area contributed by atoms with E-state index in [9.17, 15) is 4.79 Å². The van der Waals surface area contributed by atoms with Gasteiger partial charge in [-0.25, -0.2) is 4.98 Å². The quantitative estimate of drug-likeness (QED) is 0.897. The van der Waals surface area contributed by atoms with Crippen LogP contribution in [0.3, 0.4) is 0 Å². The number of aromatic nitrogens is 3. The van der Waals surface area contributed by atoms with Crippen LogP contribution >= 0.6 is 11.6 Å². The molecule has 3 rings (SSSR count). The van der Waals surface area contributed by atoms with Gasteiger partial charge in [0, 0.05) is 26.9 Å². The Hall–Kier alpha value is -2.66. The van der Waals surface area contributed by atoms with Crippen molar-refractivity contribution in [1.29, 1.82) is 5.26 Å². The molecule has 0 unspecified atom stereocenters. The second kappa shape index (κ2) is 6.09. The lowest BCUT2D eigenvalue weighted by Gasteiger charge is -2.27. The topological polar surface area (TPSA) is 108 Å². The van der Waals surface area contributed by atoms with Gasteiger partial charge in [0.15, 0.2) is 11.5 Å². The number of anilines is 1. The highest BCUT2D eigenvalue weighted by Crippen LogP contribution is 2.33. The molecule has 0 aliphatic carbocycles. The smallest absolute Gasteiger partial charge is 0.223 e. The number of halogens is 1. The van der Waals surface area contributed by atoms with E-state index in [1.165, 1.54) is 6.92 Å². The van der Waals surface area contributed by atoms with Gasteiger partial charge in [-0.1, -0.05) is 16.8 Å². The summed E-state index contributed by atoms with van der Waals surface area (Å²) < 4.78 is 5.07. The first-order chi connectivity index (χ1) is 11.4. The number of carbonyl (C=O) groups is 1. The summed E-state index contributed by atoms with van der Waals surface area (Å²) >= 11 is 5.93. The number of aryl methyl sites for hydroxylation is 1. The molecule has 1 atom stereocenters. The Balaban J connectivity index is 1.93. The van der Waals surface area contributed by atoms with Crippen molar-refractivity contribution in [3.8, 4) is 6.07 Å². The molecule has 9 heteroatoms. The normalized spacial score (nSPS) is 20.0. The molecule has 1 amide bonds. The van der Waals surface area contributed by atoms with Crippen molar-refractivity contribution in [2.24, 2.45) is 0 Å². The van der Waals surface area contributed by atoms with Gasteiger partial charge in [-0.05, 0) is 18.6 Å². The molecule has 2 aromatic rings. The van der Waals surface area contributed by atoms with Crippen molar-refractivity contribution >= 4 is 23.3 Å². The van der Waals surface area contributed by atoms with Crippen LogP contribution < -0.4 is 10.2 Å². The van der Waals surface area contributed by atoms with Crippen molar-refractivity contribution in [2.75, 3.05) is 18.0 Å². The van der Waals surface area contributed by atoms with Gasteiger partial charge in [0.2, 0.25) is 11.8 Å². The van der Waals surface area contributed by atoms with Crippen LogP contribution in [0.5, 0.6) is 0 Å². The van der Waals surface area contributed by atoms with E-state index in [2.05, 4.69) is 20.4 Å². The van der Waals surface area contributed by atoms with Gasteiger partial charge in [0.25, 0.3) is 0 Å². The maximum absolute atomic E-state index is 11.7. The van der Waals surface area contributed by atoms with Crippen LogP contribution in [0.25, 0.3) is 0 Å². The Kier molecular flexibility index (Phi) is 4.11. The summed E-state index contributed by atoms with van der Waals surface area (Å²) in [7, 11) is 0. The Labute approximate surface area is 143 Å². The van der Waals surface area contributed by atoms with Crippen molar-refractivity contribution in [3.05, 3.63) is 34.6 Å². The molecule has 1 N–H and O–H groups in total. The fourth-order valence-corrected chi connectivity index (χ4v) is 3.01. The van der Waals surface area contributed by atoms with Crippen molar-refractivity contribution in [2.45, 2.75) is 25.8 Å². The summed E-state index contributed by atoms with van der Waals surface area (Å²) in [6, 6.07) is 5.35. The molecule has 124 valence electrons. The highest BCUT2D eigenvalue weighted by Gasteiger charge is 2.44.